The molecule has 116 valence electrons. The summed E-state index contributed by atoms with van der Waals surface area (Å²) >= 11 is 5.00. The number of hydrogen-bond acceptors (Lipinski definition) is 5. The SMILES string of the molecule is CCOC(=O)NC(=S)NCCCN1C[C@@H](C)O[C@@H](C)C1. The Morgan fingerprint density at radius 3 is 2.65 bits per heavy atom. The lowest BCUT2D eigenvalue weighted by molar-refractivity contribution is -0.0679. The first-order valence-electron chi connectivity index (χ1n) is 7.10. The third-order valence-corrected chi connectivity index (χ3v) is 3.17. The lowest BCUT2D eigenvalue weighted by Gasteiger charge is -2.35. The third-order valence-electron chi connectivity index (χ3n) is 2.92. The number of ether oxygens (including phenoxy) is 2. The van der Waals surface area contributed by atoms with Crippen molar-refractivity contribution in [3.63, 3.8) is 0 Å². The molecule has 0 saturated carbocycles. The van der Waals surface area contributed by atoms with Crippen LogP contribution < -0.4 is 10.6 Å². The second kappa shape index (κ2) is 9.10. The molecule has 0 aromatic rings. The summed E-state index contributed by atoms with van der Waals surface area (Å²) in [5.74, 6) is 0. The van der Waals surface area contributed by atoms with E-state index >= 15 is 0 Å². The minimum absolute atomic E-state index is 0.290. The number of nitrogens with zero attached hydrogens (tertiary/aromatic N) is 1. The Hall–Kier alpha value is -0.920. The van der Waals surface area contributed by atoms with Crippen LogP contribution in [0.1, 0.15) is 27.2 Å². The van der Waals surface area contributed by atoms with Gasteiger partial charge in [0, 0.05) is 26.2 Å². The van der Waals surface area contributed by atoms with Gasteiger partial charge < -0.3 is 14.8 Å². The second-order valence-corrected chi connectivity index (χ2v) is 5.38. The predicted octanol–water partition coefficient (Wildman–Crippen LogP) is 1.11. The van der Waals surface area contributed by atoms with E-state index in [1.807, 2.05) is 0 Å². The van der Waals surface area contributed by atoms with E-state index in [2.05, 4.69) is 29.4 Å². The first kappa shape index (κ1) is 17.1. The Labute approximate surface area is 126 Å². The van der Waals surface area contributed by atoms with Gasteiger partial charge in [0.2, 0.25) is 0 Å². The van der Waals surface area contributed by atoms with Crippen LogP contribution in [0.4, 0.5) is 4.79 Å². The van der Waals surface area contributed by atoms with Crippen LogP contribution in [0.2, 0.25) is 0 Å². The molecule has 1 rings (SSSR count). The van der Waals surface area contributed by atoms with Gasteiger partial charge in [0.1, 0.15) is 0 Å². The molecule has 1 heterocycles. The number of thiocarbonyl (C=S) groups is 1. The first-order chi connectivity index (χ1) is 9.51. The largest absolute Gasteiger partial charge is 0.450 e. The van der Waals surface area contributed by atoms with Crippen LogP contribution >= 0.6 is 12.2 Å². The summed E-state index contributed by atoms with van der Waals surface area (Å²) in [5.41, 5.74) is 0. The molecule has 0 bridgehead atoms. The highest BCUT2D eigenvalue weighted by Gasteiger charge is 2.21. The van der Waals surface area contributed by atoms with E-state index in [1.165, 1.54) is 0 Å². The fraction of sp³-hybridized carbons (Fsp3) is 0.846. The molecule has 1 aliphatic heterocycles. The molecule has 0 aromatic heterocycles. The number of carbonyl (C=O) groups excluding carboxylic acids is 1. The Morgan fingerprint density at radius 2 is 2.05 bits per heavy atom. The van der Waals surface area contributed by atoms with Gasteiger partial charge in [0.25, 0.3) is 0 Å². The maximum Gasteiger partial charge on any atom is 0.413 e. The summed E-state index contributed by atoms with van der Waals surface area (Å²) in [4.78, 5) is 13.5. The molecule has 0 aromatic carbocycles. The van der Waals surface area contributed by atoms with Gasteiger partial charge >= 0.3 is 6.09 Å². The van der Waals surface area contributed by atoms with Crippen LogP contribution in [0.25, 0.3) is 0 Å². The summed E-state index contributed by atoms with van der Waals surface area (Å²) in [6.07, 6.45) is 1.03. The number of morpholine rings is 1. The van der Waals surface area contributed by atoms with Crippen LogP contribution in [-0.2, 0) is 9.47 Å². The summed E-state index contributed by atoms with van der Waals surface area (Å²) < 4.78 is 10.4. The molecule has 1 amide bonds. The highest BCUT2D eigenvalue weighted by atomic mass is 32.1. The molecule has 20 heavy (non-hydrogen) atoms. The van der Waals surface area contributed by atoms with Crippen LogP contribution in [0, 0.1) is 0 Å². The smallest absolute Gasteiger partial charge is 0.413 e. The minimum atomic E-state index is -0.513. The molecule has 0 spiro atoms. The average Bonchev–Trinajstić information content (AvgIpc) is 2.33. The quantitative estimate of drug-likeness (QED) is 0.586. The molecule has 0 unspecified atom stereocenters. The van der Waals surface area contributed by atoms with Crippen molar-refractivity contribution in [2.75, 3.05) is 32.8 Å². The Bertz CT molecular complexity index is 318. The molecule has 2 N–H and O–H groups in total. The van der Waals surface area contributed by atoms with E-state index in [0.717, 1.165) is 32.6 Å². The summed E-state index contributed by atoms with van der Waals surface area (Å²) in [6, 6.07) is 0. The van der Waals surface area contributed by atoms with E-state index in [4.69, 9.17) is 21.7 Å². The van der Waals surface area contributed by atoms with Crippen molar-refractivity contribution in [3.8, 4) is 0 Å². The summed E-state index contributed by atoms with van der Waals surface area (Å²) in [6.45, 7) is 9.94. The predicted molar refractivity (Wildman–Crippen MR) is 81.8 cm³/mol. The molecule has 7 heteroatoms. The number of nitrogens with one attached hydrogen (secondary N) is 2. The number of hydrogen-bond donors (Lipinski definition) is 2. The maximum absolute atomic E-state index is 11.1. The lowest BCUT2D eigenvalue weighted by atomic mass is 10.2. The van der Waals surface area contributed by atoms with Gasteiger partial charge in [-0.2, -0.15) is 0 Å². The van der Waals surface area contributed by atoms with E-state index < -0.39 is 6.09 Å². The fourth-order valence-electron chi connectivity index (χ4n) is 2.28. The average molecular weight is 303 g/mol. The third kappa shape index (κ3) is 7.02. The van der Waals surface area contributed by atoms with Crippen LogP contribution in [0.5, 0.6) is 0 Å². The van der Waals surface area contributed by atoms with Crippen LogP contribution in [-0.4, -0.2) is 61.1 Å². The van der Waals surface area contributed by atoms with Crippen molar-refractivity contribution in [1.29, 1.82) is 0 Å². The standard InChI is InChI=1S/C13H25N3O3S/c1-4-18-13(17)15-12(20)14-6-5-7-16-8-10(2)19-11(3)9-16/h10-11H,4-9H2,1-3H3,(H2,14,15,17,20)/t10-,11+. The second-order valence-electron chi connectivity index (χ2n) is 4.97. The molecule has 0 aliphatic carbocycles. The van der Waals surface area contributed by atoms with Crippen molar-refractivity contribution >= 4 is 23.4 Å². The van der Waals surface area contributed by atoms with Gasteiger partial charge in [-0.1, -0.05) is 0 Å². The highest BCUT2D eigenvalue weighted by Crippen LogP contribution is 2.10. The van der Waals surface area contributed by atoms with E-state index in [0.29, 0.717) is 23.9 Å². The zero-order valence-electron chi connectivity index (χ0n) is 12.5. The van der Waals surface area contributed by atoms with Crippen molar-refractivity contribution in [2.24, 2.45) is 0 Å². The normalized spacial score (nSPS) is 23.1. The summed E-state index contributed by atoms with van der Waals surface area (Å²) in [7, 11) is 0. The van der Waals surface area contributed by atoms with Gasteiger partial charge in [-0.25, -0.2) is 4.79 Å². The van der Waals surface area contributed by atoms with Gasteiger partial charge in [0.15, 0.2) is 5.11 Å². The topological polar surface area (TPSA) is 62.8 Å². The number of alkyl carbamates (subject to hydrolysis) is 1. The van der Waals surface area contributed by atoms with Crippen molar-refractivity contribution < 1.29 is 14.3 Å². The zero-order chi connectivity index (χ0) is 15.0. The fourth-order valence-corrected chi connectivity index (χ4v) is 2.46. The molecule has 6 nitrogen and oxygen atoms in total. The van der Waals surface area contributed by atoms with E-state index in [9.17, 15) is 4.79 Å². The van der Waals surface area contributed by atoms with Gasteiger partial charge in [-0.15, -0.1) is 0 Å². The Kier molecular flexibility index (Phi) is 7.79. The van der Waals surface area contributed by atoms with Crippen molar-refractivity contribution in [1.82, 2.24) is 15.5 Å². The maximum atomic E-state index is 11.1. The number of amides is 1. The molecule has 2 atom stereocenters. The van der Waals surface area contributed by atoms with E-state index in [1.54, 1.807) is 6.92 Å². The lowest BCUT2D eigenvalue weighted by Crippen LogP contribution is -2.46. The number of carbonyl (C=O) groups is 1. The Morgan fingerprint density at radius 1 is 1.40 bits per heavy atom. The zero-order valence-corrected chi connectivity index (χ0v) is 13.3. The molecule has 1 fully saturated rings. The highest BCUT2D eigenvalue weighted by molar-refractivity contribution is 7.80. The van der Waals surface area contributed by atoms with Gasteiger partial charge in [-0.3, -0.25) is 10.2 Å². The molecular weight excluding hydrogens is 278 g/mol. The molecule has 0 radical (unpaired) electrons. The molecule has 1 saturated heterocycles. The Balaban J connectivity index is 2.09. The van der Waals surface area contributed by atoms with Crippen molar-refractivity contribution in [2.45, 2.75) is 39.4 Å². The molecular formula is C13H25N3O3S. The van der Waals surface area contributed by atoms with Gasteiger partial charge in [0.05, 0.1) is 18.8 Å². The minimum Gasteiger partial charge on any atom is -0.450 e. The van der Waals surface area contributed by atoms with Crippen molar-refractivity contribution in [3.05, 3.63) is 0 Å². The summed E-state index contributed by atoms with van der Waals surface area (Å²) in [5, 5.41) is 5.77. The number of rotatable bonds is 5. The van der Waals surface area contributed by atoms with Crippen LogP contribution in [0.3, 0.4) is 0 Å². The monoisotopic (exact) mass is 303 g/mol. The first-order valence-corrected chi connectivity index (χ1v) is 7.51. The van der Waals surface area contributed by atoms with Crippen LogP contribution in [0.15, 0.2) is 0 Å². The molecule has 1 aliphatic rings. The van der Waals surface area contributed by atoms with Gasteiger partial charge in [-0.05, 0) is 39.4 Å². The van der Waals surface area contributed by atoms with E-state index in [-0.39, 0.29) is 0 Å².